The second-order valence-corrected chi connectivity index (χ2v) is 4.89. The van der Waals surface area contributed by atoms with Crippen LogP contribution in [0.1, 0.15) is 5.56 Å². The number of aliphatic hydroxyl groups is 1. The molecular weight excluding hydrogens is 296 g/mol. The number of benzene rings is 2. The Morgan fingerprint density at radius 3 is 2.26 bits per heavy atom. The van der Waals surface area contributed by atoms with Crippen LogP contribution in [0.2, 0.25) is 0 Å². The molecule has 1 atom stereocenters. The topological polar surface area (TPSA) is 97.8 Å². The minimum absolute atomic E-state index is 0.0289. The summed E-state index contributed by atoms with van der Waals surface area (Å²) >= 11 is 0. The second kappa shape index (κ2) is 8.05. The van der Waals surface area contributed by atoms with Gasteiger partial charge in [0.15, 0.2) is 0 Å². The van der Waals surface area contributed by atoms with E-state index < -0.39 is 6.10 Å². The van der Waals surface area contributed by atoms with Crippen LogP contribution in [-0.2, 0) is 0 Å². The number of ether oxygens (including phenoxy) is 3. The second-order valence-electron chi connectivity index (χ2n) is 4.89. The first-order valence-electron chi connectivity index (χ1n) is 7.10. The maximum atomic E-state index is 9.91. The largest absolute Gasteiger partial charge is 0.497 e. The molecule has 6 heteroatoms. The van der Waals surface area contributed by atoms with Gasteiger partial charge in [0.25, 0.3) is 0 Å². The normalized spacial score (nSPS) is 11.6. The van der Waals surface area contributed by atoms with Crippen molar-refractivity contribution in [2.24, 2.45) is 5.73 Å². The third-order valence-corrected chi connectivity index (χ3v) is 3.09. The molecule has 0 aliphatic heterocycles. The Kier molecular flexibility index (Phi) is 5.82. The highest BCUT2D eigenvalue weighted by atomic mass is 16.5. The molecule has 23 heavy (non-hydrogen) atoms. The van der Waals surface area contributed by atoms with Gasteiger partial charge in [-0.15, -0.1) is 0 Å². The summed E-state index contributed by atoms with van der Waals surface area (Å²) in [4.78, 5) is 0. The molecule has 4 N–H and O–H groups in total. The van der Waals surface area contributed by atoms with Gasteiger partial charge in [0, 0.05) is 5.56 Å². The van der Waals surface area contributed by atoms with Crippen molar-refractivity contribution in [1.82, 2.24) is 0 Å². The van der Waals surface area contributed by atoms with Gasteiger partial charge in [-0.3, -0.25) is 5.41 Å². The molecule has 2 aromatic carbocycles. The fourth-order valence-corrected chi connectivity index (χ4v) is 1.86. The van der Waals surface area contributed by atoms with Crippen molar-refractivity contribution in [2.45, 2.75) is 6.10 Å². The number of nitrogens with two attached hydrogens (primary N) is 1. The van der Waals surface area contributed by atoms with Crippen LogP contribution in [0.5, 0.6) is 17.2 Å². The Morgan fingerprint density at radius 2 is 1.65 bits per heavy atom. The van der Waals surface area contributed by atoms with Crippen molar-refractivity contribution in [2.75, 3.05) is 20.3 Å². The summed E-state index contributed by atoms with van der Waals surface area (Å²) < 4.78 is 16.0. The molecule has 0 bridgehead atoms. The van der Waals surface area contributed by atoms with Gasteiger partial charge in [-0.25, -0.2) is 0 Å². The number of nitrogen functional groups attached to an aromatic ring is 1. The molecule has 0 aliphatic rings. The molecular formula is C17H20N2O4. The van der Waals surface area contributed by atoms with E-state index >= 15 is 0 Å². The fourth-order valence-electron chi connectivity index (χ4n) is 1.86. The number of methoxy groups -OCH3 is 1. The molecule has 0 aromatic heterocycles. The number of aliphatic hydroxyl groups excluding tert-OH is 1. The zero-order valence-electron chi connectivity index (χ0n) is 12.9. The molecule has 0 fully saturated rings. The lowest BCUT2D eigenvalue weighted by atomic mass is 10.2. The lowest BCUT2D eigenvalue weighted by Crippen LogP contribution is -2.25. The van der Waals surface area contributed by atoms with Crippen molar-refractivity contribution in [3.63, 3.8) is 0 Å². The van der Waals surface area contributed by atoms with Gasteiger partial charge in [-0.05, 0) is 36.4 Å². The van der Waals surface area contributed by atoms with Crippen LogP contribution in [-0.4, -0.2) is 37.4 Å². The average molecular weight is 316 g/mol. The number of amidine groups is 1. The number of hydrogen-bond donors (Lipinski definition) is 3. The van der Waals surface area contributed by atoms with Gasteiger partial charge < -0.3 is 25.1 Å². The molecule has 1 unspecified atom stereocenters. The van der Waals surface area contributed by atoms with E-state index in [4.69, 9.17) is 25.4 Å². The molecule has 2 aromatic rings. The summed E-state index contributed by atoms with van der Waals surface area (Å²) in [6, 6.07) is 14.0. The van der Waals surface area contributed by atoms with Crippen LogP contribution in [0.15, 0.2) is 48.5 Å². The average Bonchev–Trinajstić information content (AvgIpc) is 2.58. The zero-order chi connectivity index (χ0) is 16.7. The molecule has 2 rings (SSSR count). The SMILES string of the molecule is COc1ccc(OCC(O)COc2cccc(C(=N)N)c2)cc1. The maximum absolute atomic E-state index is 9.91. The Hall–Kier alpha value is -2.73. The van der Waals surface area contributed by atoms with E-state index in [0.29, 0.717) is 17.1 Å². The van der Waals surface area contributed by atoms with Gasteiger partial charge in [0.05, 0.1) is 7.11 Å². The molecule has 6 nitrogen and oxygen atoms in total. The fraction of sp³-hybridized carbons (Fsp3) is 0.235. The van der Waals surface area contributed by atoms with E-state index in [1.54, 1.807) is 55.6 Å². The minimum Gasteiger partial charge on any atom is -0.497 e. The highest BCUT2D eigenvalue weighted by Gasteiger charge is 2.08. The number of hydrogen-bond acceptors (Lipinski definition) is 5. The van der Waals surface area contributed by atoms with Crippen molar-refractivity contribution >= 4 is 5.84 Å². The first-order valence-corrected chi connectivity index (χ1v) is 7.10. The predicted molar refractivity (Wildman–Crippen MR) is 87.4 cm³/mol. The molecule has 0 radical (unpaired) electrons. The summed E-state index contributed by atoms with van der Waals surface area (Å²) in [5.74, 6) is 1.90. The molecule has 0 amide bonds. The molecule has 0 saturated carbocycles. The maximum Gasteiger partial charge on any atom is 0.122 e. The van der Waals surface area contributed by atoms with Gasteiger partial charge in [-0.2, -0.15) is 0 Å². The van der Waals surface area contributed by atoms with Crippen LogP contribution in [0.4, 0.5) is 0 Å². The van der Waals surface area contributed by atoms with Gasteiger partial charge in [-0.1, -0.05) is 12.1 Å². The first-order chi connectivity index (χ1) is 11.1. The standard InChI is InChI=1S/C17H20N2O4/c1-21-14-5-7-15(8-6-14)22-10-13(20)11-23-16-4-2-3-12(9-16)17(18)19/h2-9,13,20H,10-11H2,1H3,(H3,18,19). The summed E-state index contributed by atoms with van der Waals surface area (Å²) in [5.41, 5.74) is 6.00. The monoisotopic (exact) mass is 316 g/mol. The smallest absolute Gasteiger partial charge is 0.122 e. The van der Waals surface area contributed by atoms with Crippen molar-refractivity contribution in [3.05, 3.63) is 54.1 Å². The van der Waals surface area contributed by atoms with E-state index in [2.05, 4.69) is 0 Å². The van der Waals surface area contributed by atoms with Gasteiger partial charge >= 0.3 is 0 Å². The molecule has 0 aliphatic carbocycles. The quantitative estimate of drug-likeness (QED) is 0.509. The van der Waals surface area contributed by atoms with Crippen molar-refractivity contribution < 1.29 is 19.3 Å². The summed E-state index contributed by atoms with van der Waals surface area (Å²) in [5, 5.41) is 17.3. The van der Waals surface area contributed by atoms with Crippen LogP contribution in [0.3, 0.4) is 0 Å². The zero-order valence-corrected chi connectivity index (χ0v) is 12.9. The summed E-state index contributed by atoms with van der Waals surface area (Å²) in [6.07, 6.45) is -0.780. The first kappa shape index (κ1) is 16.6. The number of rotatable bonds is 8. The van der Waals surface area contributed by atoms with E-state index in [1.165, 1.54) is 0 Å². The summed E-state index contributed by atoms with van der Waals surface area (Å²) in [7, 11) is 1.60. The van der Waals surface area contributed by atoms with E-state index in [1.807, 2.05) is 0 Å². The lowest BCUT2D eigenvalue weighted by molar-refractivity contribution is 0.0626. The van der Waals surface area contributed by atoms with E-state index in [-0.39, 0.29) is 19.0 Å². The van der Waals surface area contributed by atoms with Gasteiger partial charge in [0.2, 0.25) is 0 Å². The lowest BCUT2D eigenvalue weighted by Gasteiger charge is -2.14. The van der Waals surface area contributed by atoms with Gasteiger partial charge in [0.1, 0.15) is 42.4 Å². The minimum atomic E-state index is -0.780. The Labute approximate surface area is 134 Å². The molecule has 122 valence electrons. The van der Waals surface area contributed by atoms with Crippen LogP contribution in [0.25, 0.3) is 0 Å². The third kappa shape index (κ3) is 5.19. The summed E-state index contributed by atoms with van der Waals surface area (Å²) in [6.45, 7) is 0.191. The Balaban J connectivity index is 1.79. The Bertz CT molecular complexity index is 643. The molecule has 0 spiro atoms. The number of nitrogens with one attached hydrogen (secondary N) is 1. The molecule has 0 saturated heterocycles. The third-order valence-electron chi connectivity index (χ3n) is 3.09. The van der Waals surface area contributed by atoms with E-state index in [9.17, 15) is 5.11 Å². The highest BCUT2D eigenvalue weighted by molar-refractivity contribution is 5.95. The van der Waals surface area contributed by atoms with Crippen LogP contribution in [0, 0.1) is 5.41 Å². The van der Waals surface area contributed by atoms with Crippen molar-refractivity contribution in [3.8, 4) is 17.2 Å². The van der Waals surface area contributed by atoms with E-state index in [0.717, 1.165) is 5.75 Å². The highest BCUT2D eigenvalue weighted by Crippen LogP contribution is 2.17. The van der Waals surface area contributed by atoms with Crippen LogP contribution >= 0.6 is 0 Å². The molecule has 0 heterocycles. The van der Waals surface area contributed by atoms with Crippen molar-refractivity contribution in [1.29, 1.82) is 5.41 Å². The predicted octanol–water partition coefficient (Wildman–Crippen LogP) is 1.80. The Morgan fingerprint density at radius 1 is 1.04 bits per heavy atom. The van der Waals surface area contributed by atoms with Crippen LogP contribution < -0.4 is 19.9 Å².